The predicted octanol–water partition coefficient (Wildman–Crippen LogP) is 6.93. The van der Waals surface area contributed by atoms with Crippen LogP contribution in [0.2, 0.25) is 0 Å². The lowest BCUT2D eigenvalue weighted by Crippen LogP contribution is -1.75. The van der Waals surface area contributed by atoms with Crippen molar-refractivity contribution in [1.29, 1.82) is 0 Å². The van der Waals surface area contributed by atoms with Gasteiger partial charge in [-0.3, -0.25) is 0 Å². The summed E-state index contributed by atoms with van der Waals surface area (Å²) in [7, 11) is 0. The van der Waals surface area contributed by atoms with Crippen molar-refractivity contribution in [2.45, 2.75) is 0 Å². The van der Waals surface area contributed by atoms with Gasteiger partial charge < -0.3 is 9.97 Å². The Hall–Kier alpha value is -2.60. The molecule has 0 spiro atoms. The Morgan fingerprint density at radius 1 is 0.556 bits per heavy atom. The highest BCUT2D eigenvalue weighted by Gasteiger charge is 2.03. The maximum absolute atomic E-state index is 4.41. The molecule has 5 rings (SSSR count). The molecule has 5 heterocycles. The van der Waals surface area contributed by atoms with Crippen molar-refractivity contribution >= 4 is 34.0 Å². The standard InChI is InChI=1S/C22H12N2S3/c1-3-13-23-15(5-1)17-7-9-19(25-17)21-11-12-22(27-21)20-10-8-18(26-20)16-6-2-4-14-24-16/h1-6,9-14H/q-2. The first-order valence-electron chi connectivity index (χ1n) is 8.33. The number of rotatable bonds is 4. The highest BCUT2D eigenvalue weighted by atomic mass is 32.1. The van der Waals surface area contributed by atoms with Gasteiger partial charge in [-0.05, 0) is 33.3 Å². The van der Waals surface area contributed by atoms with Gasteiger partial charge in [-0.2, -0.15) is 35.6 Å². The van der Waals surface area contributed by atoms with Crippen LogP contribution in [-0.2, 0) is 0 Å². The summed E-state index contributed by atoms with van der Waals surface area (Å²) in [6, 6.07) is 27.1. The Morgan fingerprint density at radius 3 is 1.52 bits per heavy atom. The molecule has 0 amide bonds. The second kappa shape index (κ2) is 7.19. The summed E-state index contributed by atoms with van der Waals surface area (Å²) >= 11 is 5.25. The van der Waals surface area contributed by atoms with Gasteiger partial charge in [0.1, 0.15) is 0 Å². The van der Waals surface area contributed by atoms with E-state index in [1.165, 1.54) is 19.5 Å². The number of nitrogens with zero attached hydrogens (tertiary/aromatic N) is 2. The van der Waals surface area contributed by atoms with Crippen LogP contribution < -0.4 is 0 Å². The van der Waals surface area contributed by atoms with Crippen molar-refractivity contribution in [3.8, 4) is 40.7 Å². The molecule has 0 aliphatic heterocycles. The van der Waals surface area contributed by atoms with Gasteiger partial charge in [0.2, 0.25) is 0 Å². The van der Waals surface area contributed by atoms with Crippen LogP contribution in [0.4, 0.5) is 0 Å². The molecule has 0 saturated carbocycles. The van der Waals surface area contributed by atoms with E-state index in [2.05, 4.69) is 46.4 Å². The Labute approximate surface area is 169 Å². The fourth-order valence-corrected chi connectivity index (χ4v) is 5.72. The molecule has 130 valence electrons. The van der Waals surface area contributed by atoms with Gasteiger partial charge in [-0.25, -0.2) is 22.7 Å². The molecule has 0 aliphatic rings. The van der Waals surface area contributed by atoms with Crippen LogP contribution in [0.3, 0.4) is 0 Å². The highest BCUT2D eigenvalue weighted by Crippen LogP contribution is 2.42. The Bertz CT molecular complexity index is 1080. The molecule has 0 saturated heterocycles. The lowest BCUT2D eigenvalue weighted by molar-refractivity contribution is 1.34. The molecule has 0 fully saturated rings. The third kappa shape index (κ3) is 3.37. The maximum atomic E-state index is 4.41. The molecule has 0 N–H and O–H groups in total. The van der Waals surface area contributed by atoms with E-state index in [4.69, 9.17) is 0 Å². The van der Waals surface area contributed by atoms with Gasteiger partial charge in [0.15, 0.2) is 0 Å². The first-order valence-corrected chi connectivity index (χ1v) is 10.8. The zero-order valence-corrected chi connectivity index (χ0v) is 16.5. The quantitative estimate of drug-likeness (QED) is 0.306. The Balaban J connectivity index is 1.42. The zero-order chi connectivity index (χ0) is 18.1. The topological polar surface area (TPSA) is 25.8 Å². The van der Waals surface area contributed by atoms with E-state index in [0.717, 1.165) is 21.1 Å². The van der Waals surface area contributed by atoms with Crippen LogP contribution in [0, 0.1) is 12.1 Å². The first kappa shape index (κ1) is 16.6. The third-order valence-corrected chi connectivity index (χ3v) is 7.57. The van der Waals surface area contributed by atoms with E-state index in [0.29, 0.717) is 0 Å². The van der Waals surface area contributed by atoms with Crippen molar-refractivity contribution in [2.24, 2.45) is 0 Å². The van der Waals surface area contributed by atoms with Crippen molar-refractivity contribution in [1.82, 2.24) is 9.97 Å². The number of aromatic nitrogens is 2. The second-order valence-corrected chi connectivity index (χ2v) is 8.95. The van der Waals surface area contributed by atoms with Gasteiger partial charge in [0.05, 0.1) is 0 Å². The van der Waals surface area contributed by atoms with Gasteiger partial charge in [-0.15, -0.1) is 0 Å². The van der Waals surface area contributed by atoms with E-state index in [-0.39, 0.29) is 0 Å². The maximum Gasteiger partial charge on any atom is 0.0124 e. The molecule has 0 radical (unpaired) electrons. The van der Waals surface area contributed by atoms with Crippen LogP contribution >= 0.6 is 34.0 Å². The average molecular weight is 401 g/mol. The summed E-state index contributed by atoms with van der Waals surface area (Å²) in [6.07, 6.45) is 3.64. The van der Waals surface area contributed by atoms with E-state index in [1.54, 1.807) is 34.0 Å². The molecule has 27 heavy (non-hydrogen) atoms. The lowest BCUT2D eigenvalue weighted by atomic mass is 10.3. The van der Waals surface area contributed by atoms with Gasteiger partial charge in [-0.1, -0.05) is 55.9 Å². The monoisotopic (exact) mass is 400 g/mol. The average Bonchev–Trinajstić information content (AvgIpc) is 3.49. The largest absolute Gasteiger partial charge is 0.319 e. The predicted molar refractivity (Wildman–Crippen MR) is 115 cm³/mol. The summed E-state index contributed by atoms with van der Waals surface area (Å²) in [4.78, 5) is 15.9. The molecule has 0 unspecified atom stereocenters. The number of hydrogen-bond donors (Lipinski definition) is 0. The van der Waals surface area contributed by atoms with Gasteiger partial charge >= 0.3 is 0 Å². The molecule has 5 heteroatoms. The molecular formula is C22H12N2S3-2. The van der Waals surface area contributed by atoms with Crippen LogP contribution in [0.15, 0.2) is 73.1 Å². The molecule has 5 aromatic rings. The molecular weight excluding hydrogens is 388 g/mol. The van der Waals surface area contributed by atoms with Crippen LogP contribution in [0.5, 0.6) is 0 Å². The normalized spacial score (nSPS) is 11.0. The lowest BCUT2D eigenvalue weighted by Gasteiger charge is -2.03. The van der Waals surface area contributed by atoms with Crippen LogP contribution in [0.1, 0.15) is 0 Å². The Kier molecular flexibility index (Phi) is 4.41. The van der Waals surface area contributed by atoms with E-state index in [1.807, 2.05) is 48.8 Å². The van der Waals surface area contributed by atoms with Gasteiger partial charge in [0.25, 0.3) is 0 Å². The molecule has 0 aromatic carbocycles. The van der Waals surface area contributed by atoms with Gasteiger partial charge in [0, 0.05) is 12.4 Å². The second-order valence-electron chi connectivity index (χ2n) is 5.76. The Morgan fingerprint density at radius 2 is 1.07 bits per heavy atom. The van der Waals surface area contributed by atoms with E-state index < -0.39 is 0 Å². The van der Waals surface area contributed by atoms with Crippen LogP contribution in [0.25, 0.3) is 40.7 Å². The zero-order valence-electron chi connectivity index (χ0n) is 14.0. The minimum atomic E-state index is 0.971. The number of hydrogen-bond acceptors (Lipinski definition) is 5. The molecule has 5 aromatic heterocycles. The molecule has 0 atom stereocenters. The summed E-state index contributed by atoms with van der Waals surface area (Å²) in [5.74, 6) is 0. The highest BCUT2D eigenvalue weighted by molar-refractivity contribution is 7.27. The number of pyridine rings is 2. The summed E-state index contributed by atoms with van der Waals surface area (Å²) < 4.78 is 0. The smallest absolute Gasteiger partial charge is 0.0124 e. The van der Waals surface area contributed by atoms with Crippen LogP contribution in [-0.4, -0.2) is 9.97 Å². The minimum absolute atomic E-state index is 0.971. The minimum Gasteiger partial charge on any atom is -0.319 e. The SMILES string of the molecule is [c-]1cc(-c2ccc(-c3c[c-]c(-c4ccccn4)s3)s2)sc1-c1ccccn1. The fraction of sp³-hybridized carbons (Fsp3) is 0. The summed E-state index contributed by atoms with van der Waals surface area (Å²) in [6.45, 7) is 0. The summed E-state index contributed by atoms with van der Waals surface area (Å²) in [5.41, 5.74) is 1.94. The third-order valence-electron chi connectivity index (χ3n) is 3.98. The van der Waals surface area contributed by atoms with Crippen molar-refractivity contribution in [3.05, 3.63) is 85.2 Å². The van der Waals surface area contributed by atoms with E-state index in [9.17, 15) is 0 Å². The number of thiophene rings is 3. The van der Waals surface area contributed by atoms with Crippen molar-refractivity contribution in [3.63, 3.8) is 0 Å². The molecule has 2 nitrogen and oxygen atoms in total. The fourth-order valence-electron chi connectivity index (χ4n) is 2.69. The first-order chi connectivity index (χ1) is 13.4. The van der Waals surface area contributed by atoms with Crippen molar-refractivity contribution in [2.75, 3.05) is 0 Å². The van der Waals surface area contributed by atoms with E-state index >= 15 is 0 Å². The molecule has 0 aliphatic carbocycles. The molecule has 0 bridgehead atoms. The summed E-state index contributed by atoms with van der Waals surface area (Å²) in [5, 5.41) is 0. The van der Waals surface area contributed by atoms with Crippen molar-refractivity contribution < 1.29 is 0 Å².